The minimum absolute atomic E-state index is 0.0142. The van der Waals surface area contributed by atoms with E-state index in [9.17, 15) is 4.79 Å². The molecule has 3 aromatic heterocycles. The molecule has 1 aliphatic heterocycles. The van der Waals surface area contributed by atoms with E-state index < -0.39 is 0 Å². The van der Waals surface area contributed by atoms with Crippen LogP contribution in [0.2, 0.25) is 0 Å². The van der Waals surface area contributed by atoms with Crippen LogP contribution < -0.4 is 4.74 Å². The Balaban J connectivity index is 1.53. The van der Waals surface area contributed by atoms with Gasteiger partial charge in [-0.1, -0.05) is 0 Å². The van der Waals surface area contributed by atoms with Crippen molar-refractivity contribution < 1.29 is 14.1 Å². The number of rotatable bonds is 5. The molecule has 0 spiro atoms. The summed E-state index contributed by atoms with van der Waals surface area (Å²) in [6.45, 7) is 2.71. The van der Waals surface area contributed by atoms with Gasteiger partial charge in [-0.15, -0.1) is 0 Å². The van der Waals surface area contributed by atoms with Crippen LogP contribution in [0.25, 0.3) is 5.65 Å². The van der Waals surface area contributed by atoms with Crippen LogP contribution in [-0.2, 0) is 11.2 Å². The van der Waals surface area contributed by atoms with Gasteiger partial charge in [-0.3, -0.25) is 4.79 Å². The number of carbonyl (C=O) groups is 1. The van der Waals surface area contributed by atoms with E-state index in [-0.39, 0.29) is 11.9 Å². The molecule has 8 heteroatoms. The van der Waals surface area contributed by atoms with Gasteiger partial charge in [-0.25, -0.2) is 9.50 Å². The molecule has 142 valence electrons. The highest BCUT2D eigenvalue weighted by Crippen LogP contribution is 2.31. The predicted molar refractivity (Wildman–Crippen MR) is 97.4 cm³/mol. The molecule has 8 nitrogen and oxygen atoms in total. The predicted octanol–water partition coefficient (Wildman–Crippen LogP) is 2.72. The molecule has 4 heterocycles. The number of hydrogen-bond acceptors (Lipinski definition) is 6. The summed E-state index contributed by atoms with van der Waals surface area (Å²) in [5.41, 5.74) is 2.75. The SMILES string of the molecule is COc1cc(CCC(=O)N2CCCC[C@@H]2c2ccnc3cc(C)nn23)on1. The molecule has 0 saturated carbocycles. The Bertz CT molecular complexity index is 948. The average molecular weight is 369 g/mol. The van der Waals surface area contributed by atoms with Crippen LogP contribution in [0.1, 0.15) is 48.9 Å². The van der Waals surface area contributed by atoms with Crippen LogP contribution in [0.3, 0.4) is 0 Å². The lowest BCUT2D eigenvalue weighted by atomic mass is 9.98. The third-order valence-electron chi connectivity index (χ3n) is 5.01. The van der Waals surface area contributed by atoms with E-state index in [1.807, 2.05) is 28.5 Å². The highest BCUT2D eigenvalue weighted by molar-refractivity contribution is 5.77. The molecule has 0 aliphatic carbocycles. The van der Waals surface area contributed by atoms with Gasteiger partial charge in [0, 0.05) is 37.7 Å². The minimum Gasteiger partial charge on any atom is -0.479 e. The second-order valence-electron chi connectivity index (χ2n) is 6.86. The maximum Gasteiger partial charge on any atom is 0.254 e. The lowest BCUT2D eigenvalue weighted by Gasteiger charge is -2.36. The number of ether oxygens (including phenoxy) is 1. The molecular weight excluding hydrogens is 346 g/mol. The van der Waals surface area contributed by atoms with Gasteiger partial charge in [-0.2, -0.15) is 5.10 Å². The number of amides is 1. The van der Waals surface area contributed by atoms with Gasteiger partial charge < -0.3 is 14.2 Å². The molecule has 0 bridgehead atoms. The number of aryl methyl sites for hydroxylation is 2. The monoisotopic (exact) mass is 369 g/mol. The van der Waals surface area contributed by atoms with E-state index in [4.69, 9.17) is 9.26 Å². The summed E-state index contributed by atoms with van der Waals surface area (Å²) < 4.78 is 12.1. The zero-order chi connectivity index (χ0) is 18.8. The van der Waals surface area contributed by atoms with Gasteiger partial charge in [0.2, 0.25) is 5.91 Å². The van der Waals surface area contributed by atoms with Crippen LogP contribution in [0, 0.1) is 6.92 Å². The Morgan fingerprint density at radius 2 is 2.26 bits per heavy atom. The van der Waals surface area contributed by atoms with E-state index in [0.717, 1.165) is 42.8 Å². The summed E-state index contributed by atoms with van der Waals surface area (Å²) >= 11 is 0. The van der Waals surface area contributed by atoms with Crippen molar-refractivity contribution in [2.45, 2.75) is 45.1 Å². The molecule has 4 rings (SSSR count). The van der Waals surface area contributed by atoms with E-state index >= 15 is 0 Å². The van der Waals surface area contributed by atoms with E-state index in [0.29, 0.717) is 24.5 Å². The van der Waals surface area contributed by atoms with E-state index in [2.05, 4.69) is 15.2 Å². The van der Waals surface area contributed by atoms with E-state index in [1.165, 1.54) is 7.11 Å². The molecular formula is C19H23N5O3. The zero-order valence-corrected chi connectivity index (χ0v) is 15.6. The molecule has 0 N–H and O–H groups in total. The normalized spacial score (nSPS) is 17.4. The molecule has 0 unspecified atom stereocenters. The van der Waals surface area contributed by atoms with Crippen molar-refractivity contribution in [1.82, 2.24) is 24.7 Å². The summed E-state index contributed by atoms with van der Waals surface area (Å²) in [5.74, 6) is 1.20. The van der Waals surface area contributed by atoms with Crippen LogP contribution in [0.4, 0.5) is 0 Å². The second-order valence-corrected chi connectivity index (χ2v) is 6.86. The first-order valence-electron chi connectivity index (χ1n) is 9.26. The van der Waals surface area contributed by atoms with Gasteiger partial charge in [0.15, 0.2) is 5.65 Å². The third kappa shape index (κ3) is 3.51. The first-order valence-corrected chi connectivity index (χ1v) is 9.26. The average Bonchev–Trinajstić information content (AvgIpc) is 3.31. The highest BCUT2D eigenvalue weighted by Gasteiger charge is 2.30. The largest absolute Gasteiger partial charge is 0.479 e. The lowest BCUT2D eigenvalue weighted by Crippen LogP contribution is -2.39. The molecule has 1 fully saturated rings. The first kappa shape index (κ1) is 17.5. The van der Waals surface area contributed by atoms with Gasteiger partial charge in [0.25, 0.3) is 5.88 Å². The van der Waals surface area contributed by atoms with Gasteiger partial charge in [0.1, 0.15) is 5.76 Å². The fourth-order valence-electron chi connectivity index (χ4n) is 3.70. The number of hydrogen-bond donors (Lipinski definition) is 0. The number of likely N-dealkylation sites (tertiary alicyclic amines) is 1. The number of piperidine rings is 1. The Morgan fingerprint density at radius 3 is 3.07 bits per heavy atom. The molecule has 1 amide bonds. The summed E-state index contributed by atoms with van der Waals surface area (Å²) in [7, 11) is 1.54. The Morgan fingerprint density at radius 1 is 1.37 bits per heavy atom. The standard InChI is InChI=1S/C19H23N5O3/c1-13-11-17-20-9-8-16(24(17)21-13)15-5-3-4-10-23(15)19(25)7-6-14-12-18(26-2)22-27-14/h8-9,11-12,15H,3-7,10H2,1-2H3/t15-/m1/s1. The van der Waals surface area contributed by atoms with Crippen molar-refractivity contribution in [2.24, 2.45) is 0 Å². The topological polar surface area (TPSA) is 85.8 Å². The maximum atomic E-state index is 13.0. The summed E-state index contributed by atoms with van der Waals surface area (Å²) in [6, 6.07) is 5.66. The van der Waals surface area contributed by atoms with Crippen LogP contribution in [-0.4, -0.2) is 44.2 Å². The lowest BCUT2D eigenvalue weighted by molar-refractivity contribution is -0.135. The molecule has 0 radical (unpaired) electrons. The van der Waals surface area contributed by atoms with Crippen molar-refractivity contribution in [1.29, 1.82) is 0 Å². The summed E-state index contributed by atoms with van der Waals surface area (Å²) in [6.07, 6.45) is 5.72. The fourth-order valence-corrected chi connectivity index (χ4v) is 3.70. The van der Waals surface area contributed by atoms with Crippen molar-refractivity contribution in [3.63, 3.8) is 0 Å². The molecule has 0 aromatic carbocycles. The fraction of sp³-hybridized carbons (Fsp3) is 0.474. The van der Waals surface area contributed by atoms with Gasteiger partial charge >= 0.3 is 0 Å². The van der Waals surface area contributed by atoms with Gasteiger partial charge in [0.05, 0.1) is 24.5 Å². The second kappa shape index (κ2) is 7.38. The third-order valence-corrected chi connectivity index (χ3v) is 5.01. The number of aromatic nitrogens is 4. The Labute approximate surface area is 157 Å². The summed E-state index contributed by atoms with van der Waals surface area (Å²) in [5, 5.41) is 8.35. The van der Waals surface area contributed by atoms with E-state index in [1.54, 1.807) is 12.3 Å². The highest BCUT2D eigenvalue weighted by atomic mass is 16.5. The Kier molecular flexibility index (Phi) is 4.79. The number of carbonyl (C=O) groups excluding carboxylic acids is 1. The van der Waals surface area contributed by atoms with Crippen LogP contribution in [0.5, 0.6) is 5.88 Å². The number of methoxy groups -OCH3 is 1. The van der Waals surface area contributed by atoms with Gasteiger partial charge in [-0.05, 0) is 37.4 Å². The first-order chi connectivity index (χ1) is 13.2. The van der Waals surface area contributed by atoms with Crippen LogP contribution >= 0.6 is 0 Å². The molecule has 1 aliphatic rings. The quantitative estimate of drug-likeness (QED) is 0.687. The molecule has 1 atom stereocenters. The molecule has 3 aromatic rings. The van der Waals surface area contributed by atoms with Crippen molar-refractivity contribution in [2.75, 3.05) is 13.7 Å². The number of nitrogens with zero attached hydrogens (tertiary/aromatic N) is 5. The van der Waals surface area contributed by atoms with Crippen molar-refractivity contribution in [3.8, 4) is 5.88 Å². The maximum absolute atomic E-state index is 13.0. The Hall–Kier alpha value is -2.90. The minimum atomic E-state index is 0.0142. The zero-order valence-electron chi connectivity index (χ0n) is 15.6. The van der Waals surface area contributed by atoms with Crippen molar-refractivity contribution in [3.05, 3.63) is 41.5 Å². The molecule has 27 heavy (non-hydrogen) atoms. The summed E-state index contributed by atoms with van der Waals surface area (Å²) in [4.78, 5) is 19.3. The van der Waals surface area contributed by atoms with Crippen LogP contribution in [0.15, 0.2) is 28.9 Å². The molecule has 1 saturated heterocycles. The van der Waals surface area contributed by atoms with Crippen molar-refractivity contribution >= 4 is 11.6 Å². The number of fused-ring (bicyclic) bond motifs is 1. The smallest absolute Gasteiger partial charge is 0.254 e.